The van der Waals surface area contributed by atoms with Crippen LogP contribution < -0.4 is 9.47 Å². The van der Waals surface area contributed by atoms with E-state index in [1.165, 1.54) is 31.2 Å². The van der Waals surface area contributed by atoms with Crippen molar-refractivity contribution >= 4 is 23.7 Å². The van der Waals surface area contributed by atoms with Crippen molar-refractivity contribution in [3.63, 3.8) is 0 Å². The molecule has 3 aliphatic heterocycles. The number of ketones is 2. The summed E-state index contributed by atoms with van der Waals surface area (Å²) < 4.78 is 33.9. The highest BCUT2D eigenvalue weighted by atomic mass is 16.7. The summed E-state index contributed by atoms with van der Waals surface area (Å²) in [7, 11) is 0. The molecule has 0 radical (unpaired) electrons. The van der Waals surface area contributed by atoms with E-state index in [1.807, 2.05) is 0 Å². The second-order valence-electron chi connectivity index (χ2n) is 14.6. The molecule has 5 rings (SSSR count). The number of allylic oxidation sites excluding steroid dienone is 2. The highest BCUT2D eigenvalue weighted by molar-refractivity contribution is 6.10. The summed E-state index contributed by atoms with van der Waals surface area (Å²) in [6.07, 6.45) is -14.6. The van der Waals surface area contributed by atoms with Gasteiger partial charge < -0.3 is 79.5 Å². The zero-order valence-electron chi connectivity index (χ0n) is 32.0. The molecule has 3 heterocycles. The first-order valence-electron chi connectivity index (χ1n) is 18.7. The van der Waals surface area contributed by atoms with Crippen molar-refractivity contribution in [1.29, 1.82) is 0 Å². The van der Waals surface area contributed by atoms with Crippen LogP contribution >= 0.6 is 0 Å². The van der Waals surface area contributed by atoms with Crippen molar-refractivity contribution in [3.8, 4) is 11.5 Å². The Bertz CT molecular complexity index is 1760. The zero-order chi connectivity index (χ0) is 42.4. The first-order chi connectivity index (χ1) is 27.6. The molecule has 320 valence electrons. The molecular weight excluding hydrogens is 768 g/mol. The summed E-state index contributed by atoms with van der Waals surface area (Å²) in [6, 6.07) is 9.68. The molecule has 0 bridgehead atoms. The van der Waals surface area contributed by atoms with E-state index in [1.54, 1.807) is 50.2 Å². The molecule has 18 nitrogen and oxygen atoms in total. The van der Waals surface area contributed by atoms with Crippen molar-refractivity contribution in [1.82, 2.24) is 0 Å². The molecule has 18 heteroatoms. The van der Waals surface area contributed by atoms with Gasteiger partial charge in [-0.05, 0) is 72.5 Å². The van der Waals surface area contributed by atoms with Crippen LogP contribution in [0.5, 0.6) is 11.5 Å². The van der Waals surface area contributed by atoms with E-state index < -0.39 is 130 Å². The van der Waals surface area contributed by atoms with Crippen LogP contribution in [0, 0.1) is 19.8 Å². The molecule has 3 saturated heterocycles. The minimum Gasteiger partial charge on any atom is -0.462 e. The number of carbonyl (C=O) groups is 2. The van der Waals surface area contributed by atoms with Crippen LogP contribution in [-0.4, -0.2) is 168 Å². The van der Waals surface area contributed by atoms with Crippen LogP contribution in [0.1, 0.15) is 35.6 Å². The molecule has 0 saturated carbocycles. The second kappa shape index (κ2) is 20.0. The first kappa shape index (κ1) is 45.4. The number of rotatable bonds is 15. The minimum atomic E-state index is -1.66. The Labute approximate surface area is 333 Å². The Balaban J connectivity index is 1.14. The lowest BCUT2D eigenvalue weighted by atomic mass is 9.90. The number of hydrogen-bond donors (Lipinski definition) is 10. The smallest absolute Gasteiger partial charge is 0.229 e. The Morgan fingerprint density at radius 1 is 0.586 bits per heavy atom. The van der Waals surface area contributed by atoms with Gasteiger partial charge in [0.15, 0.2) is 17.9 Å². The van der Waals surface area contributed by atoms with Crippen LogP contribution in [0.25, 0.3) is 12.2 Å². The van der Waals surface area contributed by atoms with Gasteiger partial charge in [0.1, 0.15) is 72.5 Å². The summed E-state index contributed by atoms with van der Waals surface area (Å²) in [6.45, 7) is 3.06. The lowest BCUT2D eigenvalue weighted by Gasteiger charge is -2.46. The Kier molecular flexibility index (Phi) is 15.7. The van der Waals surface area contributed by atoms with Crippen molar-refractivity contribution in [2.24, 2.45) is 5.92 Å². The molecule has 2 aromatic rings. The van der Waals surface area contributed by atoms with E-state index in [2.05, 4.69) is 0 Å². The second-order valence-corrected chi connectivity index (χ2v) is 14.6. The SMILES string of the molecule is Cc1cc(/C=C/C(=O)CC(=O)/C=C/c2ccc(O[C@@H]3O[C@H](CO)[C@@H](O)[C@H](O[C@@H]4O[C@H](CO)[C@@H](O)[C@H](C)[C@H]4O)[C@H]3O)c(C)c2)ccc1O[C@@H]1O[C@H](CO)[C@@H](O)[C@H](O)[C@H]1O. The highest BCUT2D eigenvalue weighted by Gasteiger charge is 2.51. The summed E-state index contributed by atoms with van der Waals surface area (Å²) in [4.78, 5) is 25.2. The average Bonchev–Trinajstić information content (AvgIpc) is 3.20. The lowest BCUT2D eigenvalue weighted by Crippen LogP contribution is -2.64. The molecule has 2 aromatic carbocycles. The van der Waals surface area contributed by atoms with E-state index in [-0.39, 0.29) is 5.75 Å². The van der Waals surface area contributed by atoms with Crippen molar-refractivity contribution in [2.75, 3.05) is 19.8 Å². The number of carbonyl (C=O) groups excluding carboxylic acids is 2. The largest absolute Gasteiger partial charge is 0.462 e. The molecule has 0 aromatic heterocycles. The van der Waals surface area contributed by atoms with Gasteiger partial charge in [-0.2, -0.15) is 0 Å². The van der Waals surface area contributed by atoms with Crippen molar-refractivity contribution < 1.29 is 89.1 Å². The summed E-state index contributed by atoms with van der Waals surface area (Å²) in [5.41, 5.74) is 2.32. The number of aliphatic hydroxyl groups excluding tert-OH is 10. The molecule has 58 heavy (non-hydrogen) atoms. The molecule has 3 aliphatic rings. The van der Waals surface area contributed by atoms with E-state index in [4.69, 9.17) is 28.4 Å². The molecule has 0 aliphatic carbocycles. The fourth-order valence-electron chi connectivity index (χ4n) is 6.75. The average molecular weight is 821 g/mol. The molecule has 3 fully saturated rings. The Hall–Kier alpha value is -3.70. The van der Waals surface area contributed by atoms with Crippen LogP contribution in [-0.2, 0) is 28.5 Å². The minimum absolute atomic E-state index is 0.245. The normalized spacial score (nSPS) is 35.6. The standard InChI is InChI=1S/C40H52O18/c1-18-12-21(6-10-25(18)53-39-35(51)34(50)32(48)28(16-42)56-39)4-8-23(44)14-24(45)9-5-22-7-11-26(19(2)13-22)54-40-36(52)37(33(49)29(17-43)57-40)58-38-31(47)20(3)30(46)27(15-41)55-38/h4-13,20,27-43,46-52H,14-17H2,1-3H3/b8-4+,9-5+/t20-,27+,28+,29+,30-,31+,32+,33+,34-,35+,36+,37-,38-,39+,40+/m0/s1. The lowest BCUT2D eigenvalue weighted by molar-refractivity contribution is -0.347. The monoisotopic (exact) mass is 820 g/mol. The van der Waals surface area contributed by atoms with Crippen LogP contribution in [0.15, 0.2) is 48.6 Å². The van der Waals surface area contributed by atoms with Gasteiger partial charge in [-0.3, -0.25) is 9.59 Å². The van der Waals surface area contributed by atoms with Gasteiger partial charge in [0.2, 0.25) is 12.6 Å². The van der Waals surface area contributed by atoms with E-state index in [0.717, 1.165) is 0 Å². The van der Waals surface area contributed by atoms with E-state index in [0.29, 0.717) is 28.0 Å². The number of hydrogen-bond acceptors (Lipinski definition) is 18. The summed E-state index contributed by atoms with van der Waals surface area (Å²) in [5, 5.41) is 102. The molecule has 0 unspecified atom stereocenters. The third kappa shape index (κ3) is 10.5. The molecule has 0 amide bonds. The molecule has 15 atom stereocenters. The van der Waals surface area contributed by atoms with Gasteiger partial charge >= 0.3 is 0 Å². The van der Waals surface area contributed by atoms with Crippen LogP contribution in [0.4, 0.5) is 0 Å². The van der Waals surface area contributed by atoms with Gasteiger partial charge in [0.05, 0.1) is 32.3 Å². The first-order valence-corrected chi connectivity index (χ1v) is 18.7. The van der Waals surface area contributed by atoms with Gasteiger partial charge in [-0.15, -0.1) is 0 Å². The van der Waals surface area contributed by atoms with Crippen LogP contribution in [0.3, 0.4) is 0 Å². The molecule has 10 N–H and O–H groups in total. The van der Waals surface area contributed by atoms with Gasteiger partial charge in [-0.25, -0.2) is 0 Å². The Morgan fingerprint density at radius 2 is 1.03 bits per heavy atom. The molecular formula is C40H52O18. The predicted octanol–water partition coefficient (Wildman–Crippen LogP) is -1.98. The van der Waals surface area contributed by atoms with Gasteiger partial charge in [0, 0.05) is 5.92 Å². The summed E-state index contributed by atoms with van der Waals surface area (Å²) >= 11 is 0. The van der Waals surface area contributed by atoms with Crippen molar-refractivity contribution in [3.05, 3.63) is 70.8 Å². The molecule has 0 spiro atoms. The van der Waals surface area contributed by atoms with E-state index >= 15 is 0 Å². The third-order valence-corrected chi connectivity index (χ3v) is 10.3. The zero-order valence-corrected chi connectivity index (χ0v) is 32.0. The fraction of sp³-hybridized carbons (Fsp3) is 0.550. The number of aryl methyl sites for hydroxylation is 2. The van der Waals surface area contributed by atoms with Gasteiger partial charge in [-0.1, -0.05) is 31.2 Å². The topological polar surface area (TPSA) is 292 Å². The number of benzene rings is 2. The van der Waals surface area contributed by atoms with Crippen LogP contribution in [0.2, 0.25) is 0 Å². The summed E-state index contributed by atoms with van der Waals surface area (Å²) in [5.74, 6) is -1.17. The third-order valence-electron chi connectivity index (χ3n) is 10.3. The maximum Gasteiger partial charge on any atom is 0.229 e. The quantitative estimate of drug-likeness (QED) is 0.0688. The maximum absolute atomic E-state index is 12.6. The predicted molar refractivity (Wildman–Crippen MR) is 200 cm³/mol. The maximum atomic E-state index is 12.6. The Morgan fingerprint density at radius 3 is 1.52 bits per heavy atom. The fourth-order valence-corrected chi connectivity index (χ4v) is 6.75. The number of aliphatic hydroxyl groups is 10. The number of ether oxygens (including phenoxy) is 6. The highest BCUT2D eigenvalue weighted by Crippen LogP contribution is 2.33. The van der Waals surface area contributed by atoms with E-state index in [9.17, 15) is 60.7 Å². The van der Waals surface area contributed by atoms with Gasteiger partial charge in [0.25, 0.3) is 0 Å². The van der Waals surface area contributed by atoms with Crippen molar-refractivity contribution in [2.45, 2.75) is 113 Å².